The van der Waals surface area contributed by atoms with Crippen molar-refractivity contribution in [3.63, 3.8) is 0 Å². The lowest BCUT2D eigenvalue weighted by molar-refractivity contribution is -0.255. The molecule has 0 atom stereocenters. The van der Waals surface area contributed by atoms with Gasteiger partial charge in [0.1, 0.15) is 6.61 Å². The third-order valence-electron chi connectivity index (χ3n) is 4.38. The van der Waals surface area contributed by atoms with Crippen molar-refractivity contribution in [3.8, 4) is 17.6 Å². The van der Waals surface area contributed by atoms with E-state index < -0.39 is 5.97 Å². The van der Waals surface area contributed by atoms with Crippen LogP contribution >= 0.6 is 23.2 Å². The van der Waals surface area contributed by atoms with Gasteiger partial charge in [0, 0.05) is 5.02 Å². The predicted octanol–water partition coefficient (Wildman–Crippen LogP) is 5.01. The van der Waals surface area contributed by atoms with E-state index >= 15 is 0 Å². The minimum atomic E-state index is -1.26. The van der Waals surface area contributed by atoms with Crippen LogP contribution < -0.4 is 14.6 Å². The molecule has 0 N–H and O–H groups in total. The minimum Gasteiger partial charge on any atom is -0.545 e. The van der Waals surface area contributed by atoms with Crippen LogP contribution in [0.15, 0.2) is 60.7 Å². The van der Waals surface area contributed by atoms with Crippen LogP contribution in [0.25, 0.3) is 11.6 Å². The number of methoxy groups -OCH3 is 1. The number of rotatable bonds is 7. The molecule has 3 rings (SSSR count). The molecule has 0 aliphatic heterocycles. The highest BCUT2D eigenvalue weighted by molar-refractivity contribution is 6.32. The van der Waals surface area contributed by atoms with E-state index in [1.165, 1.54) is 19.2 Å². The second-order valence-corrected chi connectivity index (χ2v) is 7.33. The Kier molecular flexibility index (Phi) is 7.19. The van der Waals surface area contributed by atoms with E-state index in [0.29, 0.717) is 33.2 Å². The van der Waals surface area contributed by atoms with Crippen LogP contribution in [0.4, 0.5) is 0 Å². The first-order valence-electron chi connectivity index (χ1n) is 9.09. The van der Waals surface area contributed by atoms with Gasteiger partial charge in [-0.05, 0) is 58.7 Å². The molecule has 0 aliphatic rings. The molecule has 31 heavy (non-hydrogen) atoms. The number of allylic oxidation sites excluding steroid dienone is 1. The zero-order chi connectivity index (χ0) is 22.4. The number of carbonyl (C=O) groups is 1. The average molecular weight is 453 g/mol. The lowest BCUT2D eigenvalue weighted by Crippen LogP contribution is -2.22. The summed E-state index contributed by atoms with van der Waals surface area (Å²) < 4.78 is 11.2. The van der Waals surface area contributed by atoms with Gasteiger partial charge >= 0.3 is 0 Å². The maximum absolute atomic E-state index is 11.0. The highest BCUT2D eigenvalue weighted by atomic mass is 35.5. The number of nitriles is 1. The van der Waals surface area contributed by atoms with Gasteiger partial charge in [-0.1, -0.05) is 53.5 Å². The fraction of sp³-hybridized carbons (Fsp3) is 0.0833. The third kappa shape index (κ3) is 5.58. The number of carboxylic acids is 1. The van der Waals surface area contributed by atoms with Crippen LogP contribution in [0.5, 0.6) is 11.5 Å². The van der Waals surface area contributed by atoms with E-state index in [1.807, 2.05) is 0 Å². The monoisotopic (exact) mass is 452 g/mol. The standard InChI is InChI=1S/C24H17Cl2NO4/c1-30-22-12-16(10-19(13-27)17-5-7-20(25)8-6-17)11-21(26)23(22)31-14-15-3-2-4-18(9-15)24(28)29/h2-12H,14H2,1H3,(H,28,29)/p-1/b19-10-. The maximum Gasteiger partial charge on any atom is 0.180 e. The van der Waals surface area contributed by atoms with E-state index in [0.717, 1.165) is 5.56 Å². The Labute approximate surface area is 189 Å². The third-order valence-corrected chi connectivity index (χ3v) is 4.92. The molecule has 0 bridgehead atoms. The van der Waals surface area contributed by atoms with Gasteiger partial charge in [0.2, 0.25) is 0 Å². The van der Waals surface area contributed by atoms with Crippen molar-refractivity contribution in [1.82, 2.24) is 0 Å². The zero-order valence-corrected chi connectivity index (χ0v) is 17.9. The fourth-order valence-electron chi connectivity index (χ4n) is 2.88. The summed E-state index contributed by atoms with van der Waals surface area (Å²) in [5.41, 5.74) is 2.50. The number of hydrogen-bond acceptors (Lipinski definition) is 5. The van der Waals surface area contributed by atoms with Crippen LogP contribution in [0, 0.1) is 11.3 Å². The quantitative estimate of drug-likeness (QED) is 0.371. The maximum atomic E-state index is 11.0. The largest absolute Gasteiger partial charge is 0.545 e. The summed E-state index contributed by atoms with van der Waals surface area (Å²) in [7, 11) is 1.48. The normalized spacial score (nSPS) is 11.0. The molecule has 0 saturated carbocycles. The molecule has 0 aliphatic carbocycles. The number of carboxylic acid groups (broad SMARTS) is 1. The number of hydrogen-bond donors (Lipinski definition) is 0. The van der Waals surface area contributed by atoms with E-state index in [4.69, 9.17) is 32.7 Å². The van der Waals surface area contributed by atoms with Crippen molar-refractivity contribution in [2.24, 2.45) is 0 Å². The second-order valence-electron chi connectivity index (χ2n) is 6.49. The molecule has 7 heteroatoms. The van der Waals surface area contributed by atoms with Crippen LogP contribution in [-0.2, 0) is 6.61 Å². The average Bonchev–Trinajstić information content (AvgIpc) is 2.77. The van der Waals surface area contributed by atoms with Gasteiger partial charge in [-0.15, -0.1) is 0 Å². The Morgan fingerprint density at radius 3 is 2.48 bits per heavy atom. The number of nitrogens with zero attached hydrogens (tertiary/aromatic N) is 1. The first-order valence-corrected chi connectivity index (χ1v) is 9.85. The van der Waals surface area contributed by atoms with Crippen molar-refractivity contribution < 1.29 is 19.4 Å². The van der Waals surface area contributed by atoms with Crippen LogP contribution in [0.1, 0.15) is 27.0 Å². The van der Waals surface area contributed by atoms with Gasteiger partial charge in [0.15, 0.2) is 11.5 Å². The summed E-state index contributed by atoms with van der Waals surface area (Å²) in [5.74, 6) is -0.573. The fourth-order valence-corrected chi connectivity index (χ4v) is 3.28. The highest BCUT2D eigenvalue weighted by Gasteiger charge is 2.13. The van der Waals surface area contributed by atoms with E-state index in [9.17, 15) is 15.2 Å². The number of ether oxygens (including phenoxy) is 2. The van der Waals surface area contributed by atoms with Crippen LogP contribution in [0.3, 0.4) is 0 Å². The van der Waals surface area contributed by atoms with Crippen molar-refractivity contribution >= 4 is 40.8 Å². The van der Waals surface area contributed by atoms with Crippen LogP contribution in [0.2, 0.25) is 10.0 Å². The highest BCUT2D eigenvalue weighted by Crippen LogP contribution is 2.38. The van der Waals surface area contributed by atoms with E-state index in [-0.39, 0.29) is 17.2 Å². The molecule has 0 unspecified atom stereocenters. The van der Waals surface area contributed by atoms with Crippen molar-refractivity contribution in [2.75, 3.05) is 7.11 Å². The van der Waals surface area contributed by atoms with Crippen molar-refractivity contribution in [3.05, 3.63) is 93.0 Å². The van der Waals surface area contributed by atoms with Gasteiger partial charge in [-0.25, -0.2) is 0 Å². The molecule has 0 spiro atoms. The van der Waals surface area contributed by atoms with E-state index in [1.54, 1.807) is 54.6 Å². The van der Waals surface area contributed by atoms with Crippen LogP contribution in [-0.4, -0.2) is 13.1 Å². The Morgan fingerprint density at radius 1 is 1.10 bits per heavy atom. The number of benzene rings is 3. The van der Waals surface area contributed by atoms with Gasteiger partial charge in [0.05, 0.1) is 29.7 Å². The molecule has 0 amide bonds. The molecule has 0 heterocycles. The SMILES string of the molecule is COc1cc(/C=C(/C#N)c2ccc(Cl)cc2)cc(Cl)c1OCc1cccc(C(=O)[O-])c1. The van der Waals surface area contributed by atoms with Gasteiger partial charge in [-0.3, -0.25) is 0 Å². The molecule has 3 aromatic carbocycles. The Balaban J connectivity index is 1.88. The Morgan fingerprint density at radius 2 is 1.84 bits per heavy atom. The zero-order valence-electron chi connectivity index (χ0n) is 16.4. The lowest BCUT2D eigenvalue weighted by Gasteiger charge is -2.14. The summed E-state index contributed by atoms with van der Waals surface area (Å²) in [6, 6.07) is 18.7. The molecule has 0 radical (unpaired) electrons. The summed E-state index contributed by atoms with van der Waals surface area (Å²) >= 11 is 12.3. The van der Waals surface area contributed by atoms with Gasteiger partial charge < -0.3 is 19.4 Å². The molecule has 0 aromatic heterocycles. The Bertz CT molecular complexity index is 1180. The Hall–Kier alpha value is -3.46. The number of halogens is 2. The molecule has 0 saturated heterocycles. The molecule has 0 fully saturated rings. The first kappa shape index (κ1) is 22.2. The summed E-state index contributed by atoms with van der Waals surface area (Å²) in [5, 5.41) is 21.4. The summed E-state index contributed by atoms with van der Waals surface area (Å²) in [6.45, 7) is 0.0839. The predicted molar refractivity (Wildman–Crippen MR) is 118 cm³/mol. The smallest absolute Gasteiger partial charge is 0.180 e. The molecule has 156 valence electrons. The lowest BCUT2D eigenvalue weighted by atomic mass is 10.0. The van der Waals surface area contributed by atoms with Gasteiger partial charge in [0.25, 0.3) is 0 Å². The summed E-state index contributed by atoms with van der Waals surface area (Å²) in [6.07, 6.45) is 1.69. The molecular weight excluding hydrogens is 437 g/mol. The van der Waals surface area contributed by atoms with Gasteiger partial charge in [-0.2, -0.15) is 5.26 Å². The molecule has 3 aromatic rings. The van der Waals surface area contributed by atoms with E-state index in [2.05, 4.69) is 6.07 Å². The topological polar surface area (TPSA) is 82.4 Å². The summed E-state index contributed by atoms with van der Waals surface area (Å²) in [4.78, 5) is 11.0. The number of aromatic carboxylic acids is 1. The second kappa shape index (κ2) is 10.0. The molecule has 5 nitrogen and oxygen atoms in total. The molecular formula is C24H16Cl2NO4-. The minimum absolute atomic E-state index is 0.0610. The van der Waals surface area contributed by atoms with Crippen molar-refractivity contribution in [2.45, 2.75) is 6.61 Å². The van der Waals surface area contributed by atoms with Crippen molar-refractivity contribution in [1.29, 1.82) is 5.26 Å². The number of carbonyl (C=O) groups excluding carboxylic acids is 1. The first-order chi connectivity index (χ1) is 14.9.